The van der Waals surface area contributed by atoms with Gasteiger partial charge in [0.1, 0.15) is 5.69 Å². The third kappa shape index (κ3) is 3.35. The fourth-order valence-corrected chi connectivity index (χ4v) is 1.59. The molecule has 18 heavy (non-hydrogen) atoms. The molecule has 2 heterocycles. The van der Waals surface area contributed by atoms with Crippen molar-refractivity contribution in [3.05, 3.63) is 30.3 Å². The highest BCUT2D eigenvalue weighted by Gasteiger charge is 2.10. The topological polar surface area (TPSA) is 81.1 Å². The van der Waals surface area contributed by atoms with Crippen molar-refractivity contribution in [3.8, 4) is 11.5 Å². The Morgan fingerprint density at radius 2 is 2.28 bits per heavy atom. The first-order valence-corrected chi connectivity index (χ1v) is 5.92. The zero-order valence-corrected chi connectivity index (χ0v) is 10.4. The average molecular weight is 247 g/mol. The van der Waals surface area contributed by atoms with E-state index in [1.165, 1.54) is 0 Å². The molecule has 0 aliphatic heterocycles. The molecule has 0 spiro atoms. The van der Waals surface area contributed by atoms with Gasteiger partial charge in [0.2, 0.25) is 11.7 Å². The Hall–Kier alpha value is -1.79. The van der Waals surface area contributed by atoms with Gasteiger partial charge in [-0.05, 0) is 38.7 Å². The fourth-order valence-electron chi connectivity index (χ4n) is 1.59. The number of nitrogens with zero attached hydrogens (tertiary/aromatic N) is 4. The molecule has 0 aliphatic rings. The van der Waals surface area contributed by atoms with Crippen LogP contribution in [0.15, 0.2) is 28.9 Å². The molecule has 0 saturated heterocycles. The highest BCUT2D eigenvalue weighted by molar-refractivity contribution is 5.46. The number of nitrogens with two attached hydrogens (primary N) is 1. The van der Waals surface area contributed by atoms with Gasteiger partial charge >= 0.3 is 0 Å². The van der Waals surface area contributed by atoms with Crippen molar-refractivity contribution in [2.75, 3.05) is 20.1 Å². The van der Waals surface area contributed by atoms with E-state index >= 15 is 0 Å². The minimum Gasteiger partial charge on any atom is -0.337 e. The molecule has 2 aromatic rings. The molecular formula is C12H17N5O. The summed E-state index contributed by atoms with van der Waals surface area (Å²) < 4.78 is 5.20. The van der Waals surface area contributed by atoms with Gasteiger partial charge in [-0.25, -0.2) is 0 Å². The predicted molar refractivity (Wildman–Crippen MR) is 67.5 cm³/mol. The Bertz CT molecular complexity index is 470. The second-order valence-corrected chi connectivity index (χ2v) is 4.11. The SMILES string of the molecule is CN(CCCN)Cc1nc(-c2ccccn2)no1. The largest absolute Gasteiger partial charge is 0.337 e. The van der Waals surface area contributed by atoms with E-state index in [1.807, 2.05) is 25.2 Å². The molecule has 6 nitrogen and oxygen atoms in total. The third-order valence-electron chi connectivity index (χ3n) is 2.51. The van der Waals surface area contributed by atoms with Crippen molar-refractivity contribution in [3.63, 3.8) is 0 Å². The van der Waals surface area contributed by atoms with E-state index in [2.05, 4.69) is 20.0 Å². The molecule has 0 fully saturated rings. The van der Waals surface area contributed by atoms with Crippen molar-refractivity contribution in [2.45, 2.75) is 13.0 Å². The Kier molecular flexibility index (Phi) is 4.38. The van der Waals surface area contributed by atoms with Crippen molar-refractivity contribution >= 4 is 0 Å². The average Bonchev–Trinajstić information content (AvgIpc) is 2.86. The summed E-state index contributed by atoms with van der Waals surface area (Å²) in [4.78, 5) is 10.6. The monoisotopic (exact) mass is 247 g/mol. The number of aromatic nitrogens is 3. The van der Waals surface area contributed by atoms with Gasteiger partial charge in [-0.2, -0.15) is 4.98 Å². The zero-order chi connectivity index (χ0) is 12.8. The predicted octanol–water partition coefficient (Wildman–Crippen LogP) is 0.912. The molecule has 0 atom stereocenters. The summed E-state index contributed by atoms with van der Waals surface area (Å²) in [5.74, 6) is 1.12. The van der Waals surface area contributed by atoms with Gasteiger partial charge in [0.05, 0.1) is 6.54 Å². The van der Waals surface area contributed by atoms with Crippen molar-refractivity contribution in [1.29, 1.82) is 0 Å². The normalized spacial score (nSPS) is 11.1. The van der Waals surface area contributed by atoms with E-state index in [-0.39, 0.29) is 0 Å². The van der Waals surface area contributed by atoms with Crippen LogP contribution < -0.4 is 5.73 Å². The highest BCUT2D eigenvalue weighted by Crippen LogP contribution is 2.12. The molecule has 2 N–H and O–H groups in total. The molecule has 0 amide bonds. The molecule has 2 rings (SSSR count). The van der Waals surface area contributed by atoms with Gasteiger partial charge in [-0.15, -0.1) is 0 Å². The smallest absolute Gasteiger partial charge is 0.241 e. The molecule has 0 radical (unpaired) electrons. The summed E-state index contributed by atoms with van der Waals surface area (Å²) in [6.07, 6.45) is 2.66. The molecule has 0 aromatic carbocycles. The van der Waals surface area contributed by atoms with Gasteiger partial charge in [0, 0.05) is 6.20 Å². The van der Waals surface area contributed by atoms with E-state index in [0.717, 1.165) is 18.7 Å². The maximum absolute atomic E-state index is 5.46. The third-order valence-corrected chi connectivity index (χ3v) is 2.51. The number of hydrogen-bond donors (Lipinski definition) is 1. The second kappa shape index (κ2) is 6.23. The molecule has 0 saturated carbocycles. The Balaban J connectivity index is 1.98. The van der Waals surface area contributed by atoms with E-state index in [1.54, 1.807) is 6.20 Å². The Morgan fingerprint density at radius 3 is 3.00 bits per heavy atom. The summed E-state index contributed by atoms with van der Waals surface area (Å²) >= 11 is 0. The molecule has 6 heteroatoms. The molecule has 0 aliphatic carbocycles. The highest BCUT2D eigenvalue weighted by atomic mass is 16.5. The first-order chi connectivity index (χ1) is 8.79. The summed E-state index contributed by atoms with van der Waals surface area (Å²) in [6.45, 7) is 2.23. The molecular weight excluding hydrogens is 230 g/mol. The van der Waals surface area contributed by atoms with Crippen LogP contribution in [-0.2, 0) is 6.54 Å². The first kappa shape index (κ1) is 12.7. The maximum Gasteiger partial charge on any atom is 0.241 e. The van der Waals surface area contributed by atoms with Gasteiger partial charge in [-0.3, -0.25) is 9.88 Å². The van der Waals surface area contributed by atoms with Gasteiger partial charge < -0.3 is 10.3 Å². The number of rotatable bonds is 6. The van der Waals surface area contributed by atoms with Crippen LogP contribution in [0.4, 0.5) is 0 Å². The van der Waals surface area contributed by atoms with Crippen LogP contribution in [0.25, 0.3) is 11.5 Å². The van der Waals surface area contributed by atoms with E-state index in [0.29, 0.717) is 24.8 Å². The second-order valence-electron chi connectivity index (χ2n) is 4.11. The van der Waals surface area contributed by atoms with Crippen molar-refractivity contribution in [1.82, 2.24) is 20.0 Å². The molecule has 0 bridgehead atoms. The summed E-state index contributed by atoms with van der Waals surface area (Å²) in [6, 6.07) is 5.60. The van der Waals surface area contributed by atoms with Crippen LogP contribution in [0.1, 0.15) is 12.3 Å². The number of pyridine rings is 1. The van der Waals surface area contributed by atoms with Gasteiger partial charge in [0.25, 0.3) is 0 Å². The van der Waals surface area contributed by atoms with Crippen LogP contribution in [0.5, 0.6) is 0 Å². The molecule has 96 valence electrons. The molecule has 2 aromatic heterocycles. The van der Waals surface area contributed by atoms with Crippen LogP contribution in [0.3, 0.4) is 0 Å². The Morgan fingerprint density at radius 1 is 1.39 bits per heavy atom. The minimum absolute atomic E-state index is 0.526. The standard InChI is InChI=1S/C12H17N5O/c1-17(8-4-6-13)9-11-15-12(16-18-11)10-5-2-3-7-14-10/h2-3,5,7H,4,6,8-9,13H2,1H3. The van der Waals surface area contributed by atoms with E-state index in [9.17, 15) is 0 Å². The quantitative estimate of drug-likeness (QED) is 0.817. The lowest BCUT2D eigenvalue weighted by Crippen LogP contribution is -2.21. The minimum atomic E-state index is 0.526. The molecule has 0 unspecified atom stereocenters. The summed E-state index contributed by atoms with van der Waals surface area (Å²) in [5, 5.41) is 3.92. The lowest BCUT2D eigenvalue weighted by molar-refractivity contribution is 0.265. The summed E-state index contributed by atoms with van der Waals surface area (Å²) in [7, 11) is 2.00. The van der Waals surface area contributed by atoms with E-state index in [4.69, 9.17) is 10.3 Å². The van der Waals surface area contributed by atoms with Crippen molar-refractivity contribution < 1.29 is 4.52 Å². The lowest BCUT2D eigenvalue weighted by Gasteiger charge is -2.12. The van der Waals surface area contributed by atoms with Gasteiger partial charge in [0.15, 0.2) is 0 Å². The number of hydrogen-bond acceptors (Lipinski definition) is 6. The first-order valence-electron chi connectivity index (χ1n) is 5.92. The fraction of sp³-hybridized carbons (Fsp3) is 0.417. The lowest BCUT2D eigenvalue weighted by atomic mass is 10.3. The van der Waals surface area contributed by atoms with Gasteiger partial charge in [-0.1, -0.05) is 11.2 Å². The summed E-state index contributed by atoms with van der Waals surface area (Å²) in [5.41, 5.74) is 6.18. The van der Waals surface area contributed by atoms with Crippen molar-refractivity contribution in [2.24, 2.45) is 5.73 Å². The van der Waals surface area contributed by atoms with Crippen LogP contribution in [0.2, 0.25) is 0 Å². The zero-order valence-electron chi connectivity index (χ0n) is 10.4. The van der Waals surface area contributed by atoms with Crippen LogP contribution in [-0.4, -0.2) is 40.2 Å². The van der Waals surface area contributed by atoms with Crippen LogP contribution >= 0.6 is 0 Å². The Labute approximate surface area is 106 Å². The van der Waals surface area contributed by atoms with Crippen LogP contribution in [0, 0.1) is 0 Å². The maximum atomic E-state index is 5.46. The van der Waals surface area contributed by atoms with E-state index < -0.39 is 0 Å².